The van der Waals surface area contributed by atoms with E-state index < -0.39 is 0 Å². The molecule has 1 atom stereocenters. The van der Waals surface area contributed by atoms with Crippen molar-refractivity contribution in [2.24, 2.45) is 5.92 Å². The van der Waals surface area contributed by atoms with Gasteiger partial charge in [0.05, 0.1) is 12.3 Å². The van der Waals surface area contributed by atoms with E-state index in [0.29, 0.717) is 24.4 Å². The average molecular weight is 347 g/mol. The van der Waals surface area contributed by atoms with Gasteiger partial charge in [0.2, 0.25) is 0 Å². The molecule has 0 aliphatic carbocycles. The van der Waals surface area contributed by atoms with Crippen LogP contribution in [0.25, 0.3) is 0 Å². The first-order valence-corrected chi connectivity index (χ1v) is 9.36. The Kier molecular flexibility index (Phi) is 4.90. The minimum atomic E-state index is -0.211. The summed E-state index contributed by atoms with van der Waals surface area (Å²) in [5.74, 6) is 0.458. The lowest BCUT2D eigenvalue weighted by atomic mass is 10.0. The van der Waals surface area contributed by atoms with Crippen molar-refractivity contribution in [2.75, 3.05) is 44.3 Å². The first-order valence-electron chi connectivity index (χ1n) is 9.36. The summed E-state index contributed by atoms with van der Waals surface area (Å²) >= 11 is 0. The van der Waals surface area contributed by atoms with Crippen LogP contribution in [0, 0.1) is 11.7 Å². The van der Waals surface area contributed by atoms with Gasteiger partial charge in [0.1, 0.15) is 5.82 Å². The summed E-state index contributed by atoms with van der Waals surface area (Å²) in [5.41, 5.74) is 1.38. The van der Waals surface area contributed by atoms with Crippen molar-refractivity contribution in [2.45, 2.75) is 31.7 Å². The van der Waals surface area contributed by atoms with E-state index >= 15 is 0 Å². The number of hydrogen-bond donors (Lipinski definition) is 1. The van der Waals surface area contributed by atoms with Crippen LogP contribution < -0.4 is 10.2 Å². The van der Waals surface area contributed by atoms with Gasteiger partial charge in [-0.2, -0.15) is 0 Å². The number of carbonyl (C=O) groups excluding carboxylic acids is 1. The second-order valence-electron chi connectivity index (χ2n) is 7.39. The SMILES string of the molecule is O=C(NC1CCN(C[C@@H]2CCOC2)CC1)N1CCc2c(F)cccc21. The Bertz CT molecular complexity index is 625. The molecule has 3 heterocycles. The van der Waals surface area contributed by atoms with Gasteiger partial charge in [0, 0.05) is 44.4 Å². The standard InChI is InChI=1S/C19H26FN3O2/c20-17-2-1-3-18-16(17)6-10-23(18)19(24)21-15-4-8-22(9-5-15)12-14-7-11-25-13-14/h1-3,14-15H,4-13H2,(H,21,24)/t14-/m0/s1. The van der Waals surface area contributed by atoms with Gasteiger partial charge in [-0.05, 0) is 43.7 Å². The molecule has 0 saturated carbocycles. The number of ether oxygens (including phenoxy) is 1. The normalized spacial score (nSPS) is 24.5. The van der Waals surface area contributed by atoms with Gasteiger partial charge < -0.3 is 15.0 Å². The van der Waals surface area contributed by atoms with Crippen LogP contribution >= 0.6 is 0 Å². The van der Waals surface area contributed by atoms with Crippen molar-refractivity contribution < 1.29 is 13.9 Å². The molecule has 136 valence electrons. The Morgan fingerprint density at radius 3 is 2.84 bits per heavy atom. The molecule has 0 unspecified atom stereocenters. The summed E-state index contributed by atoms with van der Waals surface area (Å²) in [6.07, 6.45) is 3.71. The van der Waals surface area contributed by atoms with Crippen molar-refractivity contribution in [1.82, 2.24) is 10.2 Å². The van der Waals surface area contributed by atoms with Gasteiger partial charge in [-0.3, -0.25) is 4.90 Å². The van der Waals surface area contributed by atoms with Gasteiger partial charge in [-0.25, -0.2) is 9.18 Å². The molecule has 2 amide bonds. The van der Waals surface area contributed by atoms with Crippen LogP contribution in [-0.2, 0) is 11.2 Å². The molecule has 0 spiro atoms. The summed E-state index contributed by atoms with van der Waals surface area (Å²) in [4.78, 5) is 16.8. The zero-order valence-corrected chi connectivity index (χ0v) is 14.5. The number of anilines is 1. The number of likely N-dealkylation sites (tertiary alicyclic amines) is 1. The number of piperidine rings is 1. The van der Waals surface area contributed by atoms with Crippen LogP contribution in [0.3, 0.4) is 0 Å². The number of rotatable bonds is 3. The molecule has 3 aliphatic rings. The third kappa shape index (κ3) is 3.65. The number of urea groups is 1. The first-order chi connectivity index (χ1) is 12.2. The quantitative estimate of drug-likeness (QED) is 0.913. The molecule has 4 rings (SSSR count). The monoisotopic (exact) mass is 347 g/mol. The molecule has 0 aromatic heterocycles. The summed E-state index contributed by atoms with van der Waals surface area (Å²) < 4.78 is 19.3. The number of nitrogens with zero attached hydrogens (tertiary/aromatic N) is 2. The fraction of sp³-hybridized carbons (Fsp3) is 0.632. The number of hydrogen-bond acceptors (Lipinski definition) is 3. The number of benzene rings is 1. The summed E-state index contributed by atoms with van der Waals surface area (Å²) in [6, 6.07) is 5.08. The number of amides is 2. The number of nitrogens with one attached hydrogen (secondary N) is 1. The zero-order valence-electron chi connectivity index (χ0n) is 14.5. The Labute approximate surface area is 148 Å². The zero-order chi connectivity index (χ0) is 17.2. The maximum Gasteiger partial charge on any atom is 0.322 e. The second-order valence-corrected chi connectivity index (χ2v) is 7.39. The molecule has 6 heteroatoms. The molecule has 1 aromatic rings. The summed E-state index contributed by atoms with van der Waals surface area (Å²) in [6.45, 7) is 5.50. The lowest BCUT2D eigenvalue weighted by Crippen LogP contribution is -2.49. The fourth-order valence-electron chi connectivity index (χ4n) is 4.21. The van der Waals surface area contributed by atoms with Gasteiger partial charge in [-0.1, -0.05) is 6.07 Å². The number of fused-ring (bicyclic) bond motifs is 1. The largest absolute Gasteiger partial charge is 0.381 e. The lowest BCUT2D eigenvalue weighted by molar-refractivity contribution is 0.148. The van der Waals surface area contributed by atoms with E-state index in [1.165, 1.54) is 12.5 Å². The molecule has 2 saturated heterocycles. The molecule has 2 fully saturated rings. The minimum Gasteiger partial charge on any atom is -0.381 e. The summed E-state index contributed by atoms with van der Waals surface area (Å²) in [5, 5.41) is 3.15. The predicted molar refractivity (Wildman–Crippen MR) is 94.4 cm³/mol. The molecular formula is C19H26FN3O2. The fourth-order valence-corrected chi connectivity index (χ4v) is 4.21. The van der Waals surface area contributed by atoms with E-state index in [0.717, 1.165) is 51.4 Å². The Balaban J connectivity index is 1.28. The smallest absolute Gasteiger partial charge is 0.322 e. The number of halogens is 1. The van der Waals surface area contributed by atoms with Crippen LogP contribution in [0.5, 0.6) is 0 Å². The lowest BCUT2D eigenvalue weighted by Gasteiger charge is -2.34. The molecule has 1 N–H and O–H groups in total. The molecule has 0 radical (unpaired) electrons. The highest BCUT2D eigenvalue weighted by Gasteiger charge is 2.29. The molecule has 5 nitrogen and oxygen atoms in total. The molecular weight excluding hydrogens is 321 g/mol. The Morgan fingerprint density at radius 1 is 1.24 bits per heavy atom. The highest BCUT2D eigenvalue weighted by molar-refractivity contribution is 5.94. The van der Waals surface area contributed by atoms with Crippen LogP contribution in [-0.4, -0.2) is 56.4 Å². The summed E-state index contributed by atoms with van der Waals surface area (Å²) in [7, 11) is 0. The van der Waals surface area contributed by atoms with Crippen LogP contribution in [0.2, 0.25) is 0 Å². The van der Waals surface area contributed by atoms with Crippen molar-refractivity contribution >= 4 is 11.7 Å². The van der Waals surface area contributed by atoms with Gasteiger partial charge in [0.25, 0.3) is 0 Å². The van der Waals surface area contributed by atoms with Crippen LogP contribution in [0.1, 0.15) is 24.8 Å². The number of carbonyl (C=O) groups is 1. The maximum atomic E-state index is 13.8. The average Bonchev–Trinajstić information content (AvgIpc) is 3.27. The van der Waals surface area contributed by atoms with Gasteiger partial charge in [0.15, 0.2) is 0 Å². The highest BCUT2D eigenvalue weighted by atomic mass is 19.1. The topological polar surface area (TPSA) is 44.8 Å². The van der Waals surface area contributed by atoms with E-state index in [1.54, 1.807) is 11.0 Å². The van der Waals surface area contributed by atoms with E-state index in [4.69, 9.17) is 4.74 Å². The van der Waals surface area contributed by atoms with E-state index in [1.807, 2.05) is 6.07 Å². The van der Waals surface area contributed by atoms with Crippen LogP contribution in [0.15, 0.2) is 18.2 Å². The Hall–Kier alpha value is -1.66. The first kappa shape index (κ1) is 16.8. The maximum absolute atomic E-state index is 13.8. The molecule has 25 heavy (non-hydrogen) atoms. The molecule has 3 aliphatic heterocycles. The molecule has 1 aromatic carbocycles. The van der Waals surface area contributed by atoms with Crippen molar-refractivity contribution in [3.8, 4) is 0 Å². The van der Waals surface area contributed by atoms with Gasteiger partial charge in [-0.15, -0.1) is 0 Å². The third-order valence-corrected chi connectivity index (χ3v) is 5.67. The molecule has 0 bridgehead atoms. The minimum absolute atomic E-state index is 0.0907. The Morgan fingerprint density at radius 2 is 2.08 bits per heavy atom. The van der Waals surface area contributed by atoms with Crippen molar-refractivity contribution in [1.29, 1.82) is 0 Å². The van der Waals surface area contributed by atoms with Crippen LogP contribution in [0.4, 0.5) is 14.9 Å². The van der Waals surface area contributed by atoms with E-state index in [2.05, 4.69) is 10.2 Å². The second kappa shape index (κ2) is 7.30. The highest BCUT2D eigenvalue weighted by Crippen LogP contribution is 2.30. The van der Waals surface area contributed by atoms with E-state index in [-0.39, 0.29) is 17.9 Å². The van der Waals surface area contributed by atoms with E-state index in [9.17, 15) is 9.18 Å². The third-order valence-electron chi connectivity index (χ3n) is 5.67. The van der Waals surface area contributed by atoms with Gasteiger partial charge >= 0.3 is 6.03 Å². The van der Waals surface area contributed by atoms with Crippen molar-refractivity contribution in [3.05, 3.63) is 29.6 Å². The van der Waals surface area contributed by atoms with Crippen molar-refractivity contribution in [3.63, 3.8) is 0 Å². The predicted octanol–water partition coefficient (Wildman–Crippen LogP) is 2.40.